The maximum atomic E-state index is 9.68. The summed E-state index contributed by atoms with van der Waals surface area (Å²) in [6.07, 6.45) is 1.83. The number of aliphatic imine (C=N–C) groups is 1. The fourth-order valence-electron chi connectivity index (χ4n) is 1.47. The summed E-state index contributed by atoms with van der Waals surface area (Å²) in [4.78, 5) is 7.18. The molecule has 1 aromatic heterocycles. The van der Waals surface area contributed by atoms with Crippen molar-refractivity contribution < 1.29 is 5.11 Å². The van der Waals surface area contributed by atoms with E-state index in [2.05, 4.69) is 23.8 Å². The third kappa shape index (κ3) is 1.86. The minimum absolute atomic E-state index is 0.133. The SMILES string of the molecule is CC(C)C=Nc1c(O)[nH]c2ccccc12. The van der Waals surface area contributed by atoms with Crippen LogP contribution in [0.25, 0.3) is 10.9 Å². The number of aromatic nitrogens is 1. The number of nitrogens with one attached hydrogen (secondary N) is 1. The molecule has 0 aliphatic heterocycles. The lowest BCUT2D eigenvalue weighted by atomic mass is 10.2. The predicted molar refractivity (Wildman–Crippen MR) is 63.0 cm³/mol. The molecule has 2 N–H and O–H groups in total. The summed E-state index contributed by atoms with van der Waals surface area (Å²) in [7, 11) is 0. The van der Waals surface area contributed by atoms with Gasteiger partial charge in [-0.05, 0) is 12.0 Å². The van der Waals surface area contributed by atoms with Crippen LogP contribution in [0.4, 0.5) is 5.69 Å². The molecule has 0 saturated carbocycles. The first-order valence-electron chi connectivity index (χ1n) is 5.02. The van der Waals surface area contributed by atoms with E-state index in [1.165, 1.54) is 0 Å². The Morgan fingerprint density at radius 3 is 2.80 bits per heavy atom. The molecule has 0 spiro atoms. The van der Waals surface area contributed by atoms with E-state index in [-0.39, 0.29) is 5.88 Å². The second-order valence-electron chi connectivity index (χ2n) is 3.89. The first-order chi connectivity index (χ1) is 7.18. The molecule has 2 rings (SSSR count). The Balaban J connectivity index is 2.54. The van der Waals surface area contributed by atoms with E-state index in [9.17, 15) is 5.11 Å². The van der Waals surface area contributed by atoms with Crippen LogP contribution in [0.15, 0.2) is 29.3 Å². The topological polar surface area (TPSA) is 48.4 Å². The number of H-pyrrole nitrogens is 1. The summed E-state index contributed by atoms with van der Waals surface area (Å²) in [5.41, 5.74) is 1.53. The highest BCUT2D eigenvalue weighted by atomic mass is 16.3. The van der Waals surface area contributed by atoms with Crippen LogP contribution in [0.1, 0.15) is 13.8 Å². The molecule has 0 aliphatic rings. The highest BCUT2D eigenvalue weighted by Gasteiger charge is 2.07. The van der Waals surface area contributed by atoms with Crippen molar-refractivity contribution >= 4 is 22.8 Å². The summed E-state index contributed by atoms with van der Waals surface area (Å²) in [5, 5.41) is 10.6. The molecular formula is C12H14N2O. The summed E-state index contributed by atoms with van der Waals surface area (Å²) >= 11 is 0. The van der Waals surface area contributed by atoms with Crippen molar-refractivity contribution in [3.8, 4) is 5.88 Å². The number of hydrogen-bond donors (Lipinski definition) is 2. The molecule has 0 saturated heterocycles. The number of hydrogen-bond acceptors (Lipinski definition) is 2. The number of aromatic amines is 1. The minimum Gasteiger partial charge on any atom is -0.493 e. The summed E-state index contributed by atoms with van der Waals surface area (Å²) < 4.78 is 0. The third-order valence-electron chi connectivity index (χ3n) is 2.16. The number of para-hydroxylation sites is 1. The number of nitrogens with zero attached hydrogens (tertiary/aromatic N) is 1. The van der Waals surface area contributed by atoms with Gasteiger partial charge in [0.25, 0.3) is 0 Å². The van der Waals surface area contributed by atoms with E-state index in [0.29, 0.717) is 11.6 Å². The quantitative estimate of drug-likeness (QED) is 0.721. The summed E-state index contributed by atoms with van der Waals surface area (Å²) in [6, 6.07) is 7.72. The molecule has 0 unspecified atom stereocenters. The van der Waals surface area contributed by atoms with Gasteiger partial charge < -0.3 is 10.1 Å². The van der Waals surface area contributed by atoms with Crippen molar-refractivity contribution in [3.63, 3.8) is 0 Å². The fourth-order valence-corrected chi connectivity index (χ4v) is 1.47. The number of benzene rings is 1. The highest BCUT2D eigenvalue weighted by molar-refractivity contribution is 5.95. The Bertz CT molecular complexity index is 497. The smallest absolute Gasteiger partial charge is 0.216 e. The molecule has 2 aromatic rings. The predicted octanol–water partition coefficient (Wildman–Crippen LogP) is 3.23. The van der Waals surface area contributed by atoms with Crippen molar-refractivity contribution in [2.24, 2.45) is 10.9 Å². The van der Waals surface area contributed by atoms with Crippen LogP contribution >= 0.6 is 0 Å². The Labute approximate surface area is 88.5 Å². The lowest BCUT2D eigenvalue weighted by Crippen LogP contribution is -1.85. The third-order valence-corrected chi connectivity index (χ3v) is 2.16. The van der Waals surface area contributed by atoms with Gasteiger partial charge in [-0.1, -0.05) is 32.0 Å². The highest BCUT2D eigenvalue weighted by Crippen LogP contribution is 2.34. The average Bonchev–Trinajstić information content (AvgIpc) is 2.50. The van der Waals surface area contributed by atoms with Gasteiger partial charge in [0.15, 0.2) is 0 Å². The first kappa shape index (κ1) is 9.77. The van der Waals surface area contributed by atoms with Gasteiger partial charge in [-0.2, -0.15) is 0 Å². The first-order valence-corrected chi connectivity index (χ1v) is 5.02. The second kappa shape index (κ2) is 3.77. The molecule has 0 amide bonds. The van der Waals surface area contributed by atoms with E-state index in [1.54, 1.807) is 0 Å². The lowest BCUT2D eigenvalue weighted by molar-refractivity contribution is 0.460. The van der Waals surface area contributed by atoms with Gasteiger partial charge in [0.1, 0.15) is 5.69 Å². The zero-order chi connectivity index (χ0) is 10.8. The molecule has 0 atom stereocenters. The number of fused-ring (bicyclic) bond motifs is 1. The van der Waals surface area contributed by atoms with Crippen LogP contribution in [0.5, 0.6) is 5.88 Å². The van der Waals surface area contributed by atoms with Gasteiger partial charge in [-0.15, -0.1) is 0 Å². The van der Waals surface area contributed by atoms with E-state index in [4.69, 9.17) is 0 Å². The molecule has 3 nitrogen and oxygen atoms in total. The van der Waals surface area contributed by atoms with Crippen LogP contribution in [0.2, 0.25) is 0 Å². The molecule has 3 heteroatoms. The van der Waals surface area contributed by atoms with E-state index >= 15 is 0 Å². The largest absolute Gasteiger partial charge is 0.493 e. The zero-order valence-corrected chi connectivity index (χ0v) is 8.86. The Hall–Kier alpha value is -1.77. The molecule has 15 heavy (non-hydrogen) atoms. The Morgan fingerprint density at radius 1 is 1.33 bits per heavy atom. The molecule has 0 radical (unpaired) electrons. The van der Waals surface area contributed by atoms with Gasteiger partial charge in [-0.3, -0.25) is 4.99 Å². The van der Waals surface area contributed by atoms with Gasteiger partial charge in [0.2, 0.25) is 5.88 Å². The molecule has 0 fully saturated rings. The van der Waals surface area contributed by atoms with Crippen molar-refractivity contribution in [3.05, 3.63) is 24.3 Å². The van der Waals surface area contributed by atoms with Gasteiger partial charge in [0, 0.05) is 11.6 Å². The van der Waals surface area contributed by atoms with E-state index < -0.39 is 0 Å². The van der Waals surface area contributed by atoms with E-state index in [0.717, 1.165) is 10.9 Å². The van der Waals surface area contributed by atoms with Gasteiger partial charge >= 0.3 is 0 Å². The van der Waals surface area contributed by atoms with Gasteiger partial charge in [-0.25, -0.2) is 0 Å². The standard InChI is InChI=1S/C12H14N2O/c1-8(2)7-13-11-9-5-3-4-6-10(9)14-12(11)15/h3-8,14-15H,1-2H3. The van der Waals surface area contributed by atoms with Crippen molar-refractivity contribution in [2.75, 3.05) is 0 Å². The molecule has 1 heterocycles. The lowest BCUT2D eigenvalue weighted by Gasteiger charge is -1.94. The summed E-state index contributed by atoms with van der Waals surface area (Å²) in [5.74, 6) is 0.506. The van der Waals surface area contributed by atoms with Crippen molar-refractivity contribution in [1.82, 2.24) is 4.98 Å². The monoisotopic (exact) mass is 202 g/mol. The zero-order valence-electron chi connectivity index (χ0n) is 8.86. The van der Waals surface area contributed by atoms with Crippen LogP contribution in [0, 0.1) is 5.92 Å². The molecule has 0 aliphatic carbocycles. The van der Waals surface area contributed by atoms with Crippen LogP contribution in [0.3, 0.4) is 0 Å². The Kier molecular flexibility index (Phi) is 2.46. The molecular weight excluding hydrogens is 188 g/mol. The second-order valence-corrected chi connectivity index (χ2v) is 3.89. The molecule has 78 valence electrons. The number of rotatable bonds is 2. The van der Waals surface area contributed by atoms with Crippen molar-refractivity contribution in [1.29, 1.82) is 0 Å². The molecule has 0 bridgehead atoms. The normalized spacial score (nSPS) is 11.9. The average molecular weight is 202 g/mol. The maximum Gasteiger partial charge on any atom is 0.216 e. The van der Waals surface area contributed by atoms with E-state index in [1.807, 2.05) is 30.5 Å². The minimum atomic E-state index is 0.133. The maximum absolute atomic E-state index is 9.68. The molecule has 1 aromatic carbocycles. The summed E-state index contributed by atoms with van der Waals surface area (Å²) in [6.45, 7) is 4.10. The van der Waals surface area contributed by atoms with Crippen LogP contribution in [-0.4, -0.2) is 16.3 Å². The number of aromatic hydroxyl groups is 1. The van der Waals surface area contributed by atoms with Crippen LogP contribution < -0.4 is 0 Å². The Morgan fingerprint density at radius 2 is 2.07 bits per heavy atom. The van der Waals surface area contributed by atoms with Crippen LogP contribution in [-0.2, 0) is 0 Å². The van der Waals surface area contributed by atoms with Gasteiger partial charge in [0.05, 0.1) is 5.52 Å². The van der Waals surface area contributed by atoms with Crippen molar-refractivity contribution in [2.45, 2.75) is 13.8 Å². The fraction of sp³-hybridized carbons (Fsp3) is 0.250.